The summed E-state index contributed by atoms with van der Waals surface area (Å²) in [6.07, 6.45) is -5.54. The van der Waals surface area contributed by atoms with Crippen LogP contribution in [0.4, 0.5) is 0 Å². The molecule has 1 spiro atoms. The molecule has 112 valence electrons. The average molecular weight is 288 g/mol. The number of nitrogens with one attached hydrogen (secondary N) is 2. The van der Waals surface area contributed by atoms with Crippen molar-refractivity contribution in [2.75, 3.05) is 0 Å². The molecule has 0 amide bonds. The minimum absolute atomic E-state index is 0.00745. The Hall–Kier alpha value is -1.42. The van der Waals surface area contributed by atoms with Crippen molar-refractivity contribution in [1.29, 1.82) is 0 Å². The number of guanidine groups is 1. The van der Waals surface area contributed by atoms with Crippen LogP contribution in [-0.4, -0.2) is 68.0 Å². The fourth-order valence-electron chi connectivity index (χ4n) is 3.62. The molecule has 9 nitrogen and oxygen atoms in total. The molecule has 0 radical (unpaired) electrons. The predicted octanol–water partition coefficient (Wildman–Crippen LogP) is -5.54. The maximum absolute atomic E-state index is 11.8. The van der Waals surface area contributed by atoms with Crippen molar-refractivity contribution in [3.05, 3.63) is 0 Å². The fourth-order valence-corrected chi connectivity index (χ4v) is 3.62. The number of hydrogen-bond donors (Lipinski definition) is 7. The number of esters is 1. The molecule has 1 saturated heterocycles. The van der Waals surface area contributed by atoms with Crippen LogP contribution in [0.25, 0.3) is 0 Å². The minimum Gasteiger partial charge on any atom is -0.454 e. The smallest absolute Gasteiger partial charge is 0.343 e. The van der Waals surface area contributed by atoms with Gasteiger partial charge in [-0.1, -0.05) is 0 Å². The van der Waals surface area contributed by atoms with E-state index in [2.05, 4.69) is 10.3 Å². The summed E-state index contributed by atoms with van der Waals surface area (Å²) in [5, 5.41) is 43.8. The Morgan fingerprint density at radius 1 is 1.45 bits per heavy atom. The molecule has 2 bridgehead atoms. The highest BCUT2D eigenvalue weighted by atomic mass is 16.6. The van der Waals surface area contributed by atoms with E-state index in [-0.39, 0.29) is 12.4 Å². The fraction of sp³-hybridized carbons (Fsp3) is 0.818. The van der Waals surface area contributed by atoms with E-state index in [4.69, 9.17) is 10.5 Å². The van der Waals surface area contributed by atoms with Crippen molar-refractivity contribution < 1.29 is 34.9 Å². The highest BCUT2D eigenvalue weighted by Crippen LogP contribution is 2.47. The SMILES string of the molecule is C[C@]1(O)C[C@@H]2[C@@H](O)[NH+]=C(N)N[C@@]23C(O)[C@@H]1OC(=O)[C@H]3O. The van der Waals surface area contributed by atoms with Crippen molar-refractivity contribution in [2.24, 2.45) is 11.7 Å². The number of nitrogens with two attached hydrogens (primary N) is 1. The molecule has 0 aromatic carbocycles. The van der Waals surface area contributed by atoms with Gasteiger partial charge < -0.3 is 25.2 Å². The monoisotopic (exact) mass is 288 g/mol. The molecular formula is C11H18N3O6+. The number of aliphatic hydroxyl groups is 4. The maximum Gasteiger partial charge on any atom is 0.343 e. The van der Waals surface area contributed by atoms with Crippen molar-refractivity contribution in [1.82, 2.24) is 5.32 Å². The molecule has 20 heavy (non-hydrogen) atoms. The standard InChI is InChI=1S/C11H17N3O6/c1-10(19)2-3-7(17)13-9(12)14-11(3)4(15)6(10)20-8(18)5(11)16/h3-7,15-17,19H,2H2,1H3,(H3,12,13,14)/p+1/t3-,4?,5-,6+,7-,10+,11-/m1/s1. The van der Waals surface area contributed by atoms with Gasteiger partial charge in [0.25, 0.3) is 0 Å². The van der Waals surface area contributed by atoms with Crippen LogP contribution in [0.1, 0.15) is 13.3 Å². The van der Waals surface area contributed by atoms with E-state index in [0.29, 0.717) is 0 Å². The van der Waals surface area contributed by atoms with Crippen LogP contribution in [-0.2, 0) is 9.53 Å². The molecule has 3 aliphatic rings. The van der Waals surface area contributed by atoms with E-state index in [1.165, 1.54) is 6.92 Å². The lowest BCUT2D eigenvalue weighted by atomic mass is 9.59. The highest BCUT2D eigenvalue weighted by Gasteiger charge is 2.72. The van der Waals surface area contributed by atoms with E-state index < -0.39 is 47.6 Å². The summed E-state index contributed by atoms with van der Waals surface area (Å²) in [5.74, 6) is -1.87. The number of carbonyl (C=O) groups is 1. The second kappa shape index (κ2) is 3.82. The molecule has 2 fully saturated rings. The van der Waals surface area contributed by atoms with E-state index in [1.807, 2.05) is 0 Å². The number of fused-ring (bicyclic) bond motifs is 1. The molecule has 3 rings (SSSR count). The van der Waals surface area contributed by atoms with Crippen LogP contribution in [0.3, 0.4) is 0 Å². The predicted molar refractivity (Wildman–Crippen MR) is 62.7 cm³/mol. The number of carbonyl (C=O) groups excluding carboxylic acids is 1. The molecule has 0 aromatic rings. The van der Waals surface area contributed by atoms with E-state index in [1.54, 1.807) is 0 Å². The second-order valence-electron chi connectivity index (χ2n) is 5.93. The first-order valence-corrected chi connectivity index (χ1v) is 6.34. The van der Waals surface area contributed by atoms with Crippen LogP contribution >= 0.6 is 0 Å². The Balaban J connectivity index is 2.16. The van der Waals surface area contributed by atoms with Gasteiger partial charge in [0, 0.05) is 0 Å². The van der Waals surface area contributed by atoms with Gasteiger partial charge in [0.05, 0.1) is 5.92 Å². The molecule has 8 N–H and O–H groups in total. The minimum atomic E-state index is -1.70. The zero-order valence-corrected chi connectivity index (χ0v) is 10.8. The number of ether oxygens (including phenoxy) is 1. The number of hydrogen-bond acceptors (Lipinski definition) is 8. The third-order valence-electron chi connectivity index (χ3n) is 4.59. The zero-order chi connectivity index (χ0) is 14.9. The molecule has 1 aliphatic carbocycles. The van der Waals surface area contributed by atoms with Gasteiger partial charge in [-0.3, -0.25) is 16.0 Å². The van der Waals surface area contributed by atoms with Crippen LogP contribution in [0, 0.1) is 5.92 Å². The summed E-state index contributed by atoms with van der Waals surface area (Å²) in [4.78, 5) is 14.3. The summed E-state index contributed by atoms with van der Waals surface area (Å²) in [6.45, 7) is 1.41. The first kappa shape index (κ1) is 13.6. The highest BCUT2D eigenvalue weighted by molar-refractivity contribution is 5.82. The number of aliphatic hydroxyl groups excluding tert-OH is 3. The van der Waals surface area contributed by atoms with Crippen LogP contribution in [0.5, 0.6) is 0 Å². The molecular weight excluding hydrogens is 270 g/mol. The second-order valence-corrected chi connectivity index (χ2v) is 5.93. The summed E-state index contributed by atoms with van der Waals surface area (Å²) >= 11 is 0. The summed E-state index contributed by atoms with van der Waals surface area (Å²) in [6, 6.07) is 0. The topological polar surface area (TPSA) is 159 Å². The van der Waals surface area contributed by atoms with Crippen LogP contribution in [0.15, 0.2) is 0 Å². The third-order valence-corrected chi connectivity index (χ3v) is 4.59. The van der Waals surface area contributed by atoms with Crippen molar-refractivity contribution in [2.45, 2.75) is 49.0 Å². The lowest BCUT2D eigenvalue weighted by Crippen LogP contribution is -2.98. The van der Waals surface area contributed by atoms with E-state index >= 15 is 0 Å². The van der Waals surface area contributed by atoms with Gasteiger partial charge in [-0.05, 0) is 13.3 Å². The Bertz CT molecular complexity index is 495. The molecule has 1 unspecified atom stereocenters. The molecule has 2 aliphatic heterocycles. The maximum atomic E-state index is 11.8. The third kappa shape index (κ3) is 1.46. The Kier molecular flexibility index (Phi) is 2.59. The first-order valence-electron chi connectivity index (χ1n) is 6.34. The van der Waals surface area contributed by atoms with Gasteiger partial charge in [-0.2, -0.15) is 0 Å². The molecule has 7 atom stereocenters. The Labute approximate surface area is 114 Å². The van der Waals surface area contributed by atoms with E-state index in [9.17, 15) is 25.2 Å². The lowest BCUT2D eigenvalue weighted by molar-refractivity contribution is -0.585. The quantitative estimate of drug-likeness (QED) is 0.217. The normalized spacial score (nSPS) is 54.4. The number of rotatable bonds is 0. The largest absolute Gasteiger partial charge is 0.454 e. The zero-order valence-electron chi connectivity index (χ0n) is 10.8. The van der Waals surface area contributed by atoms with Crippen molar-refractivity contribution >= 4 is 11.9 Å². The van der Waals surface area contributed by atoms with Gasteiger partial charge in [-0.15, -0.1) is 0 Å². The van der Waals surface area contributed by atoms with Crippen LogP contribution in [0.2, 0.25) is 0 Å². The molecule has 2 heterocycles. The molecule has 0 aromatic heterocycles. The van der Waals surface area contributed by atoms with Gasteiger partial charge in [0.2, 0.25) is 0 Å². The summed E-state index contributed by atoms with van der Waals surface area (Å²) < 4.78 is 4.93. The van der Waals surface area contributed by atoms with Crippen molar-refractivity contribution in [3.8, 4) is 0 Å². The Morgan fingerprint density at radius 3 is 2.75 bits per heavy atom. The molecule has 1 saturated carbocycles. The summed E-state index contributed by atoms with van der Waals surface area (Å²) in [7, 11) is 0. The van der Waals surface area contributed by atoms with Crippen LogP contribution < -0.4 is 16.0 Å². The average Bonchev–Trinajstić information content (AvgIpc) is 2.33. The van der Waals surface area contributed by atoms with Gasteiger partial charge >= 0.3 is 11.9 Å². The van der Waals surface area contributed by atoms with Gasteiger partial charge in [0.15, 0.2) is 24.0 Å². The van der Waals surface area contributed by atoms with Gasteiger partial charge in [0.1, 0.15) is 11.7 Å². The van der Waals surface area contributed by atoms with Crippen molar-refractivity contribution in [3.63, 3.8) is 0 Å². The first-order chi connectivity index (χ1) is 9.20. The van der Waals surface area contributed by atoms with E-state index in [0.717, 1.165) is 0 Å². The Morgan fingerprint density at radius 2 is 2.10 bits per heavy atom. The van der Waals surface area contributed by atoms with Gasteiger partial charge in [-0.25, -0.2) is 4.79 Å². The summed E-state index contributed by atoms with van der Waals surface area (Å²) in [5.41, 5.74) is 2.48. The molecule has 9 heteroatoms. The lowest BCUT2D eigenvalue weighted by Gasteiger charge is -2.58.